The van der Waals surface area contributed by atoms with Crippen molar-refractivity contribution in [1.82, 2.24) is 0 Å². The highest BCUT2D eigenvalue weighted by Gasteiger charge is 2.09. The molecule has 0 saturated heterocycles. The first kappa shape index (κ1) is 14.9. The second-order valence-corrected chi connectivity index (χ2v) is 5.71. The minimum atomic E-state index is -0.480. The number of benzene rings is 2. The molecule has 0 heterocycles. The molecule has 0 saturated carbocycles. The number of phenols is 1. The number of hydrogen-bond acceptors (Lipinski definition) is 3. The van der Waals surface area contributed by atoms with E-state index in [0.29, 0.717) is 6.42 Å². The summed E-state index contributed by atoms with van der Waals surface area (Å²) in [4.78, 5) is 2.06. The molecule has 2 rings (SSSR count). The smallest absolute Gasteiger partial charge is 0.115 e. The van der Waals surface area contributed by atoms with E-state index in [1.165, 1.54) is 0 Å². The molecule has 0 bridgehead atoms. The lowest BCUT2D eigenvalue weighted by Crippen LogP contribution is -2.20. The number of halogens is 1. The van der Waals surface area contributed by atoms with Gasteiger partial charge in [0.2, 0.25) is 0 Å². The molecule has 0 amide bonds. The third-order valence-electron chi connectivity index (χ3n) is 3.26. The van der Waals surface area contributed by atoms with Gasteiger partial charge in [-0.05, 0) is 48.4 Å². The van der Waals surface area contributed by atoms with Crippen LogP contribution in [0.15, 0.2) is 53.0 Å². The Morgan fingerprint density at radius 3 is 2.50 bits per heavy atom. The summed E-state index contributed by atoms with van der Waals surface area (Å²) >= 11 is 3.41. The Hall–Kier alpha value is -1.52. The summed E-state index contributed by atoms with van der Waals surface area (Å²) in [5.74, 6) is 0.260. The predicted octanol–water partition coefficient (Wildman–Crippen LogP) is 3.71. The summed E-state index contributed by atoms with van der Waals surface area (Å²) in [6, 6.07) is 14.8. The molecule has 3 nitrogen and oxygen atoms in total. The number of hydrogen-bond donors (Lipinski definition) is 2. The first-order valence-electron chi connectivity index (χ1n) is 6.50. The number of aliphatic hydroxyl groups excluding tert-OH is 1. The third kappa shape index (κ3) is 3.99. The number of anilines is 1. The van der Waals surface area contributed by atoms with Gasteiger partial charge in [-0.1, -0.05) is 28.1 Å². The Balaban J connectivity index is 1.93. The molecule has 0 spiro atoms. The van der Waals surface area contributed by atoms with E-state index in [1.807, 2.05) is 43.4 Å². The molecule has 0 aromatic heterocycles. The van der Waals surface area contributed by atoms with Crippen LogP contribution in [-0.2, 0) is 0 Å². The summed E-state index contributed by atoms with van der Waals surface area (Å²) in [7, 11) is 1.97. The topological polar surface area (TPSA) is 43.7 Å². The molecule has 0 aliphatic rings. The summed E-state index contributed by atoms with van der Waals surface area (Å²) in [6.45, 7) is 0.735. The SMILES string of the molecule is CN(CCC(O)c1cccc(Br)c1)c1ccc(O)cc1. The maximum Gasteiger partial charge on any atom is 0.115 e. The molecule has 0 radical (unpaired) electrons. The van der Waals surface area contributed by atoms with Crippen molar-refractivity contribution >= 4 is 21.6 Å². The second-order valence-electron chi connectivity index (χ2n) is 4.80. The van der Waals surface area contributed by atoms with E-state index in [-0.39, 0.29) is 5.75 Å². The van der Waals surface area contributed by atoms with Crippen LogP contribution in [-0.4, -0.2) is 23.8 Å². The molecule has 4 heteroatoms. The summed E-state index contributed by atoms with van der Waals surface area (Å²) in [6.07, 6.45) is 0.167. The van der Waals surface area contributed by atoms with Crippen molar-refractivity contribution in [3.05, 3.63) is 58.6 Å². The van der Waals surface area contributed by atoms with Crippen molar-refractivity contribution in [3.63, 3.8) is 0 Å². The van der Waals surface area contributed by atoms with Gasteiger partial charge in [-0.25, -0.2) is 0 Å². The Kier molecular flexibility index (Phi) is 5.04. The highest BCUT2D eigenvalue weighted by Crippen LogP contribution is 2.22. The lowest BCUT2D eigenvalue weighted by atomic mass is 10.1. The zero-order chi connectivity index (χ0) is 14.5. The van der Waals surface area contributed by atoms with Crippen molar-refractivity contribution in [1.29, 1.82) is 0 Å². The van der Waals surface area contributed by atoms with E-state index in [0.717, 1.165) is 22.3 Å². The fourth-order valence-corrected chi connectivity index (χ4v) is 2.45. The van der Waals surface area contributed by atoms with Crippen LogP contribution in [0.3, 0.4) is 0 Å². The molecule has 106 valence electrons. The van der Waals surface area contributed by atoms with Crippen molar-refractivity contribution in [2.45, 2.75) is 12.5 Å². The first-order chi connectivity index (χ1) is 9.56. The quantitative estimate of drug-likeness (QED) is 0.875. The van der Waals surface area contributed by atoms with Gasteiger partial charge in [-0.3, -0.25) is 0 Å². The maximum absolute atomic E-state index is 10.2. The Morgan fingerprint density at radius 2 is 1.85 bits per heavy atom. The molecule has 0 aliphatic heterocycles. The fraction of sp³-hybridized carbons (Fsp3) is 0.250. The molecule has 2 aromatic carbocycles. The number of rotatable bonds is 5. The zero-order valence-electron chi connectivity index (χ0n) is 11.3. The maximum atomic E-state index is 10.2. The molecule has 0 fully saturated rings. The Labute approximate surface area is 127 Å². The van der Waals surface area contributed by atoms with Gasteiger partial charge in [-0.15, -0.1) is 0 Å². The van der Waals surface area contributed by atoms with Crippen LogP contribution in [0.5, 0.6) is 5.75 Å². The highest BCUT2D eigenvalue weighted by molar-refractivity contribution is 9.10. The van der Waals surface area contributed by atoms with Crippen LogP contribution in [0.4, 0.5) is 5.69 Å². The van der Waals surface area contributed by atoms with Crippen molar-refractivity contribution in [3.8, 4) is 5.75 Å². The number of nitrogens with zero attached hydrogens (tertiary/aromatic N) is 1. The lowest BCUT2D eigenvalue weighted by Gasteiger charge is -2.21. The van der Waals surface area contributed by atoms with Gasteiger partial charge < -0.3 is 15.1 Å². The van der Waals surface area contributed by atoms with Crippen molar-refractivity contribution in [2.75, 3.05) is 18.5 Å². The van der Waals surface area contributed by atoms with E-state index < -0.39 is 6.10 Å². The molecular weight excluding hydrogens is 318 g/mol. The van der Waals surface area contributed by atoms with E-state index in [2.05, 4.69) is 20.8 Å². The highest BCUT2D eigenvalue weighted by atomic mass is 79.9. The van der Waals surface area contributed by atoms with E-state index in [4.69, 9.17) is 0 Å². The molecule has 1 unspecified atom stereocenters. The monoisotopic (exact) mass is 335 g/mol. The number of aromatic hydroxyl groups is 1. The zero-order valence-corrected chi connectivity index (χ0v) is 12.9. The molecule has 2 aromatic rings. The average molecular weight is 336 g/mol. The van der Waals surface area contributed by atoms with Gasteiger partial charge in [0.1, 0.15) is 5.75 Å². The van der Waals surface area contributed by atoms with Gasteiger partial charge >= 0.3 is 0 Å². The first-order valence-corrected chi connectivity index (χ1v) is 7.29. The third-order valence-corrected chi connectivity index (χ3v) is 3.76. The molecule has 2 N–H and O–H groups in total. The minimum absolute atomic E-state index is 0.260. The normalized spacial score (nSPS) is 12.2. The molecule has 1 atom stereocenters. The summed E-state index contributed by atoms with van der Waals surface area (Å²) in [5.41, 5.74) is 1.93. The minimum Gasteiger partial charge on any atom is -0.508 e. The largest absolute Gasteiger partial charge is 0.508 e. The number of phenolic OH excluding ortho intramolecular Hbond substituents is 1. The van der Waals surface area contributed by atoms with Crippen LogP contribution < -0.4 is 4.90 Å². The lowest BCUT2D eigenvalue weighted by molar-refractivity contribution is 0.169. The van der Waals surface area contributed by atoms with Crippen molar-refractivity contribution < 1.29 is 10.2 Å². The molecular formula is C16H18BrNO2. The van der Waals surface area contributed by atoms with E-state index in [9.17, 15) is 10.2 Å². The predicted molar refractivity (Wildman–Crippen MR) is 85.1 cm³/mol. The molecule has 20 heavy (non-hydrogen) atoms. The molecule has 0 aliphatic carbocycles. The average Bonchev–Trinajstić information content (AvgIpc) is 2.45. The Bertz CT molecular complexity index is 557. The van der Waals surface area contributed by atoms with Gasteiger partial charge in [0.15, 0.2) is 0 Å². The van der Waals surface area contributed by atoms with Crippen molar-refractivity contribution in [2.24, 2.45) is 0 Å². The van der Waals surface area contributed by atoms with Crippen LogP contribution in [0, 0.1) is 0 Å². The number of aliphatic hydroxyl groups is 1. The van der Waals surface area contributed by atoms with Gasteiger partial charge in [0.25, 0.3) is 0 Å². The van der Waals surface area contributed by atoms with Crippen LogP contribution >= 0.6 is 15.9 Å². The van der Waals surface area contributed by atoms with Gasteiger partial charge in [0, 0.05) is 23.8 Å². The fourth-order valence-electron chi connectivity index (χ4n) is 2.03. The summed E-state index contributed by atoms with van der Waals surface area (Å²) in [5, 5.41) is 19.5. The van der Waals surface area contributed by atoms with E-state index >= 15 is 0 Å². The Morgan fingerprint density at radius 1 is 1.15 bits per heavy atom. The van der Waals surface area contributed by atoms with Crippen LogP contribution in [0.25, 0.3) is 0 Å². The standard InChI is InChI=1S/C16H18BrNO2/c1-18(14-5-7-15(19)8-6-14)10-9-16(20)12-3-2-4-13(17)11-12/h2-8,11,16,19-20H,9-10H2,1H3. The second kappa shape index (κ2) is 6.77. The van der Waals surface area contributed by atoms with Gasteiger partial charge in [0.05, 0.1) is 6.10 Å². The van der Waals surface area contributed by atoms with E-state index in [1.54, 1.807) is 12.1 Å². The van der Waals surface area contributed by atoms with Crippen LogP contribution in [0.1, 0.15) is 18.1 Å². The van der Waals surface area contributed by atoms with Crippen LogP contribution in [0.2, 0.25) is 0 Å². The van der Waals surface area contributed by atoms with Gasteiger partial charge in [-0.2, -0.15) is 0 Å². The summed E-state index contributed by atoms with van der Waals surface area (Å²) < 4.78 is 0.973.